The maximum absolute atomic E-state index is 13.9. The summed E-state index contributed by atoms with van der Waals surface area (Å²) in [5.41, 5.74) is -0.504. The Morgan fingerprint density at radius 1 is 1.29 bits per heavy atom. The Morgan fingerprint density at radius 3 is 2.77 bits per heavy atom. The number of nitrogens with zero attached hydrogens (tertiary/aromatic N) is 1. The van der Waals surface area contributed by atoms with Crippen LogP contribution in [0.15, 0.2) is 40.1 Å². The highest BCUT2D eigenvalue weighted by molar-refractivity contribution is 7.89. The van der Waals surface area contributed by atoms with Gasteiger partial charge in [-0.05, 0) is 49.8 Å². The van der Waals surface area contributed by atoms with E-state index in [0.717, 1.165) is 17.4 Å². The Bertz CT molecular complexity index is 1110. The highest BCUT2D eigenvalue weighted by Crippen LogP contribution is 2.31. The number of benzene rings is 1. The summed E-state index contributed by atoms with van der Waals surface area (Å²) in [7, 11) is -3.61. The molecule has 1 aliphatic rings. The van der Waals surface area contributed by atoms with Crippen molar-refractivity contribution >= 4 is 10.0 Å². The number of H-pyrrole nitrogens is 1. The molecule has 1 aliphatic carbocycles. The summed E-state index contributed by atoms with van der Waals surface area (Å²) < 4.78 is 53.2. The van der Waals surface area contributed by atoms with E-state index in [-0.39, 0.29) is 31.3 Å². The highest BCUT2D eigenvalue weighted by Gasteiger charge is 2.23. The molecule has 1 aromatic carbocycles. The van der Waals surface area contributed by atoms with E-state index >= 15 is 0 Å². The minimum atomic E-state index is -3.61. The minimum absolute atomic E-state index is 0.0985. The number of hydrogen-bond acceptors (Lipinski definition) is 6. The smallest absolute Gasteiger partial charge is 0.330 e. The van der Waals surface area contributed by atoms with Crippen LogP contribution >= 0.6 is 0 Å². The zero-order chi connectivity index (χ0) is 22.4. The lowest BCUT2D eigenvalue weighted by Crippen LogP contribution is -2.30. The molecule has 1 unspecified atom stereocenters. The molecule has 1 heterocycles. The third-order valence-electron chi connectivity index (χ3n) is 4.81. The summed E-state index contributed by atoms with van der Waals surface area (Å²) in [6.07, 6.45) is 3.68. The SMILES string of the molecule is CC(NS(=O)(=O)CCCOCn1ccc(=O)[nH]c1=O)c1ccc(F)c(OCC2CC2)c1. The Labute approximate surface area is 179 Å². The van der Waals surface area contributed by atoms with E-state index in [1.54, 1.807) is 6.92 Å². The maximum atomic E-state index is 13.9. The number of nitrogens with one attached hydrogen (secondary N) is 2. The first-order valence-electron chi connectivity index (χ1n) is 10.0. The van der Waals surface area contributed by atoms with Crippen molar-refractivity contribution in [2.45, 2.75) is 39.0 Å². The van der Waals surface area contributed by atoms with Gasteiger partial charge in [-0.3, -0.25) is 14.3 Å². The van der Waals surface area contributed by atoms with Crippen LogP contribution < -0.4 is 20.7 Å². The van der Waals surface area contributed by atoms with Crippen LogP contribution in [0.25, 0.3) is 0 Å². The molecule has 170 valence electrons. The van der Waals surface area contributed by atoms with Crippen molar-refractivity contribution in [2.75, 3.05) is 19.0 Å². The van der Waals surface area contributed by atoms with Crippen LogP contribution in [0.1, 0.15) is 37.8 Å². The predicted molar refractivity (Wildman–Crippen MR) is 112 cm³/mol. The first-order chi connectivity index (χ1) is 14.7. The number of rotatable bonds is 12. The van der Waals surface area contributed by atoms with Gasteiger partial charge in [-0.1, -0.05) is 6.07 Å². The second-order valence-electron chi connectivity index (χ2n) is 7.57. The normalized spacial score (nSPS) is 15.0. The van der Waals surface area contributed by atoms with Crippen molar-refractivity contribution in [1.82, 2.24) is 14.3 Å². The minimum Gasteiger partial charge on any atom is -0.490 e. The maximum Gasteiger partial charge on any atom is 0.330 e. The molecule has 0 saturated heterocycles. The molecular formula is C20H26FN3O6S. The lowest BCUT2D eigenvalue weighted by Gasteiger charge is -2.16. The van der Waals surface area contributed by atoms with Crippen LogP contribution in [0, 0.1) is 11.7 Å². The van der Waals surface area contributed by atoms with Crippen LogP contribution in [-0.2, 0) is 21.5 Å². The number of aromatic amines is 1. The van der Waals surface area contributed by atoms with Crippen LogP contribution in [0.5, 0.6) is 5.75 Å². The number of hydrogen-bond donors (Lipinski definition) is 2. The van der Waals surface area contributed by atoms with Gasteiger partial charge < -0.3 is 9.47 Å². The average Bonchev–Trinajstić information content (AvgIpc) is 3.52. The predicted octanol–water partition coefficient (Wildman–Crippen LogP) is 1.51. The summed E-state index contributed by atoms with van der Waals surface area (Å²) in [4.78, 5) is 24.6. The van der Waals surface area contributed by atoms with Crippen LogP contribution in [-0.4, -0.2) is 36.9 Å². The zero-order valence-corrected chi connectivity index (χ0v) is 18.0. The van der Waals surface area contributed by atoms with Crippen molar-refractivity contribution in [3.8, 4) is 5.75 Å². The second-order valence-corrected chi connectivity index (χ2v) is 9.45. The molecule has 1 aromatic heterocycles. The standard InChI is InChI=1S/C20H26FN3O6S/c1-14(16-5-6-17(21)18(11-16)30-12-15-3-4-15)23-31(27,28)10-2-9-29-13-24-8-7-19(25)22-20(24)26/h5-8,11,14-15,23H,2-4,9-10,12-13H2,1H3,(H,22,25,26). The van der Waals surface area contributed by atoms with E-state index in [9.17, 15) is 22.4 Å². The fourth-order valence-electron chi connectivity index (χ4n) is 2.85. The fraction of sp³-hybridized carbons (Fsp3) is 0.500. The van der Waals surface area contributed by atoms with Crippen LogP contribution in [0.3, 0.4) is 0 Å². The van der Waals surface area contributed by atoms with Gasteiger partial charge in [-0.25, -0.2) is 22.3 Å². The lowest BCUT2D eigenvalue weighted by atomic mass is 10.1. The topological polar surface area (TPSA) is 119 Å². The summed E-state index contributed by atoms with van der Waals surface area (Å²) in [6, 6.07) is 4.95. The van der Waals surface area contributed by atoms with Crippen molar-refractivity contribution in [2.24, 2.45) is 5.92 Å². The number of ether oxygens (including phenoxy) is 2. The van der Waals surface area contributed by atoms with Gasteiger partial charge in [0.15, 0.2) is 11.6 Å². The lowest BCUT2D eigenvalue weighted by molar-refractivity contribution is 0.0744. The Balaban J connectivity index is 1.45. The van der Waals surface area contributed by atoms with E-state index in [0.29, 0.717) is 18.1 Å². The van der Waals surface area contributed by atoms with E-state index in [1.165, 1.54) is 30.5 Å². The van der Waals surface area contributed by atoms with Gasteiger partial charge in [0.05, 0.1) is 12.4 Å². The third kappa shape index (κ3) is 7.30. The second kappa shape index (κ2) is 10.2. The molecule has 1 saturated carbocycles. The molecule has 31 heavy (non-hydrogen) atoms. The molecule has 0 aliphatic heterocycles. The van der Waals surface area contributed by atoms with Crippen molar-refractivity contribution in [1.29, 1.82) is 0 Å². The fourth-order valence-corrected chi connectivity index (χ4v) is 4.14. The molecule has 0 bridgehead atoms. The summed E-state index contributed by atoms with van der Waals surface area (Å²) >= 11 is 0. The average molecular weight is 456 g/mol. The van der Waals surface area contributed by atoms with Crippen LogP contribution in [0.2, 0.25) is 0 Å². The molecule has 1 fully saturated rings. The molecule has 2 N–H and O–H groups in total. The number of aromatic nitrogens is 2. The van der Waals surface area contributed by atoms with Crippen molar-refractivity contribution in [3.05, 3.63) is 62.7 Å². The molecule has 0 spiro atoms. The molecule has 2 aromatic rings. The number of halogens is 1. The molecule has 3 rings (SSSR count). The van der Waals surface area contributed by atoms with Crippen LogP contribution in [0.4, 0.5) is 4.39 Å². The molecule has 9 nitrogen and oxygen atoms in total. The van der Waals surface area contributed by atoms with Gasteiger partial charge in [0.2, 0.25) is 10.0 Å². The molecule has 1 atom stereocenters. The van der Waals surface area contributed by atoms with Gasteiger partial charge in [0.25, 0.3) is 5.56 Å². The molecular weight excluding hydrogens is 429 g/mol. The largest absolute Gasteiger partial charge is 0.490 e. The van der Waals surface area contributed by atoms with Gasteiger partial charge >= 0.3 is 5.69 Å². The van der Waals surface area contributed by atoms with E-state index < -0.39 is 33.1 Å². The van der Waals surface area contributed by atoms with E-state index in [2.05, 4.69) is 9.71 Å². The third-order valence-corrected chi connectivity index (χ3v) is 6.35. The van der Waals surface area contributed by atoms with Gasteiger partial charge in [0.1, 0.15) is 6.73 Å². The van der Waals surface area contributed by atoms with Gasteiger partial charge in [-0.2, -0.15) is 0 Å². The summed E-state index contributed by atoms with van der Waals surface area (Å²) in [5, 5.41) is 0. The molecule has 0 radical (unpaired) electrons. The Kier molecular flexibility index (Phi) is 7.63. The van der Waals surface area contributed by atoms with E-state index in [1.807, 2.05) is 0 Å². The molecule has 0 amide bonds. The highest BCUT2D eigenvalue weighted by atomic mass is 32.2. The Morgan fingerprint density at radius 2 is 2.06 bits per heavy atom. The first-order valence-corrected chi connectivity index (χ1v) is 11.7. The van der Waals surface area contributed by atoms with Gasteiger partial charge in [-0.15, -0.1) is 0 Å². The zero-order valence-electron chi connectivity index (χ0n) is 17.2. The van der Waals surface area contributed by atoms with Crippen molar-refractivity contribution in [3.63, 3.8) is 0 Å². The van der Waals surface area contributed by atoms with Crippen molar-refractivity contribution < 1.29 is 22.3 Å². The quantitative estimate of drug-likeness (QED) is 0.468. The first kappa shape index (κ1) is 23.2. The Hall–Kier alpha value is -2.50. The monoisotopic (exact) mass is 455 g/mol. The number of sulfonamides is 1. The van der Waals surface area contributed by atoms with E-state index in [4.69, 9.17) is 9.47 Å². The summed E-state index contributed by atoms with van der Waals surface area (Å²) in [5.74, 6) is -0.0482. The summed E-state index contributed by atoms with van der Waals surface area (Å²) in [6.45, 7) is 2.15. The molecule has 11 heteroatoms. The van der Waals surface area contributed by atoms with Gasteiger partial charge in [0, 0.05) is 24.9 Å².